The molecule has 1 atom stereocenters. The van der Waals surface area contributed by atoms with Crippen molar-refractivity contribution >= 4 is 23.5 Å². The van der Waals surface area contributed by atoms with Crippen LogP contribution in [0.1, 0.15) is 23.5 Å². The van der Waals surface area contributed by atoms with Crippen LogP contribution in [0, 0.1) is 5.82 Å². The third-order valence-corrected chi connectivity index (χ3v) is 4.49. The maximum atomic E-state index is 13.1. The Kier molecular flexibility index (Phi) is 3.74. The van der Waals surface area contributed by atoms with Gasteiger partial charge in [-0.25, -0.2) is 4.39 Å². The molecular weight excluding hydrogens is 305 g/mol. The molecule has 5 nitrogen and oxygen atoms in total. The number of nitrogens with one attached hydrogen (secondary N) is 1. The molecule has 0 bridgehead atoms. The number of hydrogen-bond donors (Lipinski definition) is 1. The Morgan fingerprint density at radius 3 is 2.64 bits per heavy atom. The number of aromatic nitrogens is 2. The molecule has 114 valence electrons. The Balaban J connectivity index is 2.21. The van der Waals surface area contributed by atoms with Crippen molar-refractivity contribution in [1.29, 1.82) is 0 Å². The Morgan fingerprint density at radius 1 is 1.32 bits per heavy atom. The lowest BCUT2D eigenvalue weighted by atomic mass is 9.87. The largest absolute Gasteiger partial charge is 0.312 e. The van der Waals surface area contributed by atoms with Crippen LogP contribution < -0.4 is 10.9 Å². The molecule has 1 aliphatic heterocycles. The second-order valence-electron chi connectivity index (χ2n) is 5.08. The molecule has 22 heavy (non-hydrogen) atoms. The van der Waals surface area contributed by atoms with Crippen LogP contribution in [0.15, 0.2) is 34.2 Å². The number of carbonyl (C=O) groups is 1. The number of thioether (sulfide) groups is 1. The van der Waals surface area contributed by atoms with Gasteiger partial charge in [0.2, 0.25) is 5.91 Å². The summed E-state index contributed by atoms with van der Waals surface area (Å²) in [7, 11) is 1.75. The summed E-state index contributed by atoms with van der Waals surface area (Å²) < 4.78 is 14.8. The minimum Gasteiger partial charge on any atom is -0.312 e. The number of carbonyl (C=O) groups excluding carboxylic acids is 1. The van der Waals surface area contributed by atoms with E-state index in [1.54, 1.807) is 23.7 Å². The van der Waals surface area contributed by atoms with E-state index in [0.29, 0.717) is 16.5 Å². The lowest BCUT2D eigenvalue weighted by Crippen LogP contribution is -2.33. The minimum atomic E-state index is -0.411. The maximum Gasteiger partial charge on any atom is 0.279 e. The van der Waals surface area contributed by atoms with Gasteiger partial charge in [0.15, 0.2) is 5.16 Å². The molecule has 0 unspecified atom stereocenters. The molecule has 0 saturated heterocycles. The van der Waals surface area contributed by atoms with Crippen LogP contribution in [0.4, 0.5) is 10.2 Å². The lowest BCUT2D eigenvalue weighted by molar-refractivity contribution is -0.116. The zero-order chi connectivity index (χ0) is 15.9. The Labute approximate surface area is 130 Å². The van der Waals surface area contributed by atoms with Crippen molar-refractivity contribution in [1.82, 2.24) is 9.55 Å². The summed E-state index contributed by atoms with van der Waals surface area (Å²) in [6.45, 7) is 0. The number of rotatable bonds is 2. The summed E-state index contributed by atoms with van der Waals surface area (Å²) in [5.41, 5.74) is 0.826. The molecule has 0 spiro atoms. The Morgan fingerprint density at radius 2 is 2.00 bits per heavy atom. The highest BCUT2D eigenvalue weighted by atomic mass is 32.2. The van der Waals surface area contributed by atoms with Crippen molar-refractivity contribution in [2.24, 2.45) is 7.05 Å². The topological polar surface area (TPSA) is 64.0 Å². The number of anilines is 1. The highest BCUT2D eigenvalue weighted by Crippen LogP contribution is 2.35. The van der Waals surface area contributed by atoms with E-state index >= 15 is 0 Å². The van der Waals surface area contributed by atoms with Crippen molar-refractivity contribution in [3.8, 4) is 0 Å². The lowest BCUT2D eigenvalue weighted by Gasteiger charge is -2.27. The van der Waals surface area contributed by atoms with E-state index in [-0.39, 0.29) is 23.7 Å². The fraction of sp³-hybridized carbons (Fsp3) is 0.267. The normalized spacial score (nSPS) is 17.0. The molecule has 3 rings (SSSR count). The van der Waals surface area contributed by atoms with Gasteiger partial charge >= 0.3 is 0 Å². The van der Waals surface area contributed by atoms with Crippen molar-refractivity contribution in [2.45, 2.75) is 17.5 Å². The molecule has 1 amide bonds. The first-order valence-electron chi connectivity index (χ1n) is 6.71. The fourth-order valence-electron chi connectivity index (χ4n) is 2.70. The van der Waals surface area contributed by atoms with Crippen molar-refractivity contribution in [3.63, 3.8) is 0 Å². The minimum absolute atomic E-state index is 0.147. The highest BCUT2D eigenvalue weighted by molar-refractivity contribution is 7.98. The third kappa shape index (κ3) is 2.41. The van der Waals surface area contributed by atoms with Gasteiger partial charge in [0, 0.05) is 19.4 Å². The number of halogens is 1. The molecule has 1 aliphatic rings. The monoisotopic (exact) mass is 319 g/mol. The van der Waals surface area contributed by atoms with Crippen LogP contribution in [0.3, 0.4) is 0 Å². The van der Waals surface area contributed by atoms with Crippen LogP contribution in [-0.2, 0) is 11.8 Å². The van der Waals surface area contributed by atoms with E-state index in [2.05, 4.69) is 10.3 Å². The first-order valence-corrected chi connectivity index (χ1v) is 7.94. The maximum absolute atomic E-state index is 13.1. The smallest absolute Gasteiger partial charge is 0.279 e. The van der Waals surface area contributed by atoms with Crippen molar-refractivity contribution in [3.05, 3.63) is 51.6 Å². The molecule has 7 heteroatoms. The molecule has 2 heterocycles. The molecule has 0 radical (unpaired) electrons. The van der Waals surface area contributed by atoms with Crippen molar-refractivity contribution < 1.29 is 9.18 Å². The third-order valence-electron chi connectivity index (χ3n) is 3.76. The van der Waals surface area contributed by atoms with Crippen LogP contribution in [-0.4, -0.2) is 21.7 Å². The number of amides is 1. The summed E-state index contributed by atoms with van der Waals surface area (Å²) in [4.78, 5) is 28.5. The van der Waals surface area contributed by atoms with Crippen LogP contribution in [0.25, 0.3) is 0 Å². The van der Waals surface area contributed by atoms with Gasteiger partial charge in [-0.2, -0.15) is 4.98 Å². The van der Waals surface area contributed by atoms with Gasteiger partial charge in [-0.05, 0) is 24.0 Å². The van der Waals surface area contributed by atoms with Gasteiger partial charge in [-0.15, -0.1) is 0 Å². The number of benzene rings is 1. The Hall–Kier alpha value is -2.15. The van der Waals surface area contributed by atoms with Gasteiger partial charge in [-0.3, -0.25) is 9.59 Å². The summed E-state index contributed by atoms with van der Waals surface area (Å²) in [5, 5.41) is 3.28. The second-order valence-corrected chi connectivity index (χ2v) is 5.85. The number of fused-ring (bicyclic) bond motifs is 1. The van der Waals surface area contributed by atoms with Crippen LogP contribution in [0.5, 0.6) is 0 Å². The fourth-order valence-corrected chi connectivity index (χ4v) is 3.24. The predicted molar refractivity (Wildman–Crippen MR) is 82.7 cm³/mol. The van der Waals surface area contributed by atoms with Crippen LogP contribution >= 0.6 is 11.8 Å². The van der Waals surface area contributed by atoms with Crippen LogP contribution in [0.2, 0.25) is 0 Å². The summed E-state index contributed by atoms with van der Waals surface area (Å²) in [5.74, 6) is -0.468. The first-order chi connectivity index (χ1) is 10.5. The summed E-state index contributed by atoms with van der Waals surface area (Å²) >= 11 is 1.33. The Bertz CT molecular complexity index is 802. The summed E-state index contributed by atoms with van der Waals surface area (Å²) in [6, 6.07) is 5.86. The highest BCUT2D eigenvalue weighted by Gasteiger charge is 2.31. The SMILES string of the molecule is CSc1nc(=O)c2c(n1C)NC(=O)C[C@H]2c1ccc(F)cc1. The van der Waals surface area contributed by atoms with Gasteiger partial charge in [-0.1, -0.05) is 23.9 Å². The molecule has 1 aromatic carbocycles. The average Bonchev–Trinajstić information content (AvgIpc) is 2.50. The van der Waals surface area contributed by atoms with E-state index in [0.717, 1.165) is 5.56 Å². The molecule has 0 saturated carbocycles. The molecule has 1 aromatic heterocycles. The standard InChI is InChI=1S/C15H14FN3O2S/c1-19-13-12(14(21)18-15(19)22-2)10(7-11(20)17-13)8-3-5-9(16)6-4-8/h3-6,10H,7H2,1-2H3,(H,17,20)/t10-/m0/s1. The first kappa shape index (κ1) is 14.8. The number of nitrogens with zero attached hydrogens (tertiary/aromatic N) is 2. The molecule has 0 fully saturated rings. The average molecular weight is 319 g/mol. The zero-order valence-electron chi connectivity index (χ0n) is 12.1. The van der Waals surface area contributed by atoms with E-state index < -0.39 is 5.92 Å². The van der Waals surface area contributed by atoms with E-state index in [9.17, 15) is 14.0 Å². The van der Waals surface area contributed by atoms with Gasteiger partial charge in [0.25, 0.3) is 5.56 Å². The van der Waals surface area contributed by atoms with E-state index in [1.807, 2.05) is 6.26 Å². The molecular formula is C15H14FN3O2S. The van der Waals surface area contributed by atoms with Gasteiger partial charge in [0.05, 0.1) is 5.56 Å². The van der Waals surface area contributed by atoms with Gasteiger partial charge < -0.3 is 9.88 Å². The quantitative estimate of drug-likeness (QED) is 0.680. The molecule has 2 aromatic rings. The van der Waals surface area contributed by atoms with E-state index in [1.165, 1.54) is 23.9 Å². The zero-order valence-corrected chi connectivity index (χ0v) is 12.9. The van der Waals surface area contributed by atoms with Crippen molar-refractivity contribution in [2.75, 3.05) is 11.6 Å². The number of hydrogen-bond acceptors (Lipinski definition) is 4. The molecule has 0 aliphatic carbocycles. The summed E-state index contributed by atoms with van der Waals surface area (Å²) in [6.07, 6.45) is 1.96. The predicted octanol–water partition coefficient (Wildman–Crippen LogP) is 2.12. The van der Waals surface area contributed by atoms with E-state index in [4.69, 9.17) is 0 Å². The van der Waals surface area contributed by atoms with Gasteiger partial charge in [0.1, 0.15) is 11.6 Å². The molecule has 1 N–H and O–H groups in total. The second kappa shape index (κ2) is 5.57.